The average Bonchev–Trinajstić information content (AvgIpc) is 3.08. The average molecular weight is 269 g/mol. The van der Waals surface area contributed by atoms with Crippen LogP contribution in [0.5, 0.6) is 0 Å². The number of rotatable bonds is 7. The van der Waals surface area contributed by atoms with E-state index >= 15 is 0 Å². The van der Waals surface area contributed by atoms with Gasteiger partial charge in [-0.05, 0) is 18.9 Å². The third kappa shape index (κ3) is 3.78. The first-order valence-electron chi connectivity index (χ1n) is 5.88. The summed E-state index contributed by atoms with van der Waals surface area (Å²) in [4.78, 5) is 22.3. The molecule has 1 aromatic rings. The topological polar surface area (TPSA) is 84.3 Å². The molecule has 1 fully saturated rings. The van der Waals surface area contributed by atoms with Crippen molar-refractivity contribution < 1.29 is 9.72 Å². The Morgan fingerprint density at radius 3 is 2.83 bits per heavy atom. The molecule has 0 unspecified atom stereocenters. The van der Waals surface area contributed by atoms with Crippen molar-refractivity contribution in [2.75, 3.05) is 13.1 Å². The molecule has 0 spiro atoms. The Kier molecular flexibility index (Phi) is 4.27. The van der Waals surface area contributed by atoms with Crippen LogP contribution in [0, 0.1) is 16.0 Å². The zero-order valence-corrected chi connectivity index (χ0v) is 10.7. The van der Waals surface area contributed by atoms with Crippen LogP contribution in [0.3, 0.4) is 0 Å². The summed E-state index contributed by atoms with van der Waals surface area (Å²) in [6.07, 6.45) is 2.02. The van der Waals surface area contributed by atoms with Crippen molar-refractivity contribution in [2.24, 2.45) is 5.92 Å². The Labute approximate surface area is 109 Å². The van der Waals surface area contributed by atoms with E-state index in [0.717, 1.165) is 17.7 Å². The fourth-order valence-electron chi connectivity index (χ4n) is 1.54. The predicted molar refractivity (Wildman–Crippen MR) is 68.4 cm³/mol. The van der Waals surface area contributed by atoms with Crippen molar-refractivity contribution in [3.05, 3.63) is 27.1 Å². The van der Waals surface area contributed by atoms with Gasteiger partial charge >= 0.3 is 5.00 Å². The molecule has 1 heterocycles. The van der Waals surface area contributed by atoms with Crippen molar-refractivity contribution in [1.82, 2.24) is 10.6 Å². The van der Waals surface area contributed by atoms with Crippen LogP contribution in [-0.2, 0) is 11.3 Å². The number of nitro groups is 1. The molecule has 0 bridgehead atoms. The molecule has 0 aromatic carbocycles. The summed E-state index contributed by atoms with van der Waals surface area (Å²) in [5.74, 6) is 0.383. The van der Waals surface area contributed by atoms with Gasteiger partial charge in [-0.2, -0.15) is 0 Å². The smallest absolute Gasteiger partial charge is 0.324 e. The van der Waals surface area contributed by atoms with Gasteiger partial charge in [-0.25, -0.2) is 0 Å². The normalized spacial score (nSPS) is 14.4. The molecule has 1 aliphatic carbocycles. The first kappa shape index (κ1) is 13.0. The van der Waals surface area contributed by atoms with Gasteiger partial charge in [0.1, 0.15) is 0 Å². The number of amides is 1. The van der Waals surface area contributed by atoms with Crippen LogP contribution in [0.25, 0.3) is 0 Å². The van der Waals surface area contributed by atoms with Crippen LogP contribution in [0.15, 0.2) is 12.1 Å². The van der Waals surface area contributed by atoms with Crippen molar-refractivity contribution >= 4 is 22.2 Å². The summed E-state index contributed by atoms with van der Waals surface area (Å²) in [5.41, 5.74) is 0. The third-order valence-electron chi connectivity index (χ3n) is 2.68. The van der Waals surface area contributed by atoms with Gasteiger partial charge in [-0.15, -0.1) is 0 Å². The molecule has 1 amide bonds. The Balaban J connectivity index is 1.59. The molecule has 0 aliphatic heterocycles. The zero-order valence-electron chi connectivity index (χ0n) is 9.85. The Bertz CT molecular complexity index is 442. The summed E-state index contributed by atoms with van der Waals surface area (Å²) in [6, 6.07) is 3.26. The fraction of sp³-hybridized carbons (Fsp3) is 0.545. The molecule has 1 aromatic heterocycles. The van der Waals surface area contributed by atoms with Crippen molar-refractivity contribution in [1.29, 1.82) is 0 Å². The van der Waals surface area contributed by atoms with E-state index in [-0.39, 0.29) is 21.7 Å². The van der Waals surface area contributed by atoms with Gasteiger partial charge in [0.25, 0.3) is 0 Å². The highest BCUT2D eigenvalue weighted by Gasteiger charge is 2.28. The quantitative estimate of drug-likeness (QED) is 0.443. The number of thiophene rings is 1. The van der Waals surface area contributed by atoms with Crippen LogP contribution in [0.1, 0.15) is 17.7 Å². The number of nitrogens with zero attached hydrogens (tertiary/aromatic N) is 1. The molecular formula is C11H15N3O3S. The molecule has 0 radical (unpaired) electrons. The second-order valence-electron chi connectivity index (χ2n) is 4.24. The number of nitrogens with one attached hydrogen (secondary N) is 2. The van der Waals surface area contributed by atoms with Crippen molar-refractivity contribution in [3.63, 3.8) is 0 Å². The summed E-state index contributed by atoms with van der Waals surface area (Å²) < 4.78 is 0. The van der Waals surface area contributed by atoms with E-state index in [4.69, 9.17) is 0 Å². The summed E-state index contributed by atoms with van der Waals surface area (Å²) in [5, 5.41) is 16.6. The molecule has 18 heavy (non-hydrogen) atoms. The van der Waals surface area contributed by atoms with Gasteiger partial charge in [0.05, 0.1) is 4.92 Å². The van der Waals surface area contributed by atoms with E-state index in [9.17, 15) is 14.9 Å². The lowest BCUT2D eigenvalue weighted by Crippen LogP contribution is -2.32. The summed E-state index contributed by atoms with van der Waals surface area (Å²) in [7, 11) is 0. The summed E-state index contributed by atoms with van der Waals surface area (Å²) in [6.45, 7) is 1.87. The highest BCUT2D eigenvalue weighted by Crippen LogP contribution is 2.28. The molecule has 2 rings (SSSR count). The second kappa shape index (κ2) is 5.92. The highest BCUT2D eigenvalue weighted by atomic mass is 32.1. The van der Waals surface area contributed by atoms with E-state index in [1.807, 2.05) is 0 Å². The Hall–Kier alpha value is -1.47. The van der Waals surface area contributed by atoms with Crippen LogP contribution in [0.4, 0.5) is 5.00 Å². The standard InChI is InChI=1S/C11H15N3O3S/c15-11(8-1-2-8)13-6-5-12-7-9-3-4-10(18-9)14(16)17/h3-4,8,12H,1-2,5-7H2,(H,13,15). The highest BCUT2D eigenvalue weighted by molar-refractivity contribution is 7.15. The van der Waals surface area contributed by atoms with E-state index in [0.29, 0.717) is 19.6 Å². The van der Waals surface area contributed by atoms with Gasteiger partial charge in [-0.3, -0.25) is 14.9 Å². The summed E-state index contributed by atoms with van der Waals surface area (Å²) >= 11 is 1.17. The lowest BCUT2D eigenvalue weighted by molar-refractivity contribution is -0.380. The molecule has 98 valence electrons. The molecule has 1 saturated carbocycles. The largest absolute Gasteiger partial charge is 0.355 e. The minimum atomic E-state index is -0.385. The number of carbonyl (C=O) groups is 1. The van der Waals surface area contributed by atoms with Gasteiger partial charge in [0, 0.05) is 36.5 Å². The van der Waals surface area contributed by atoms with Crippen molar-refractivity contribution in [3.8, 4) is 0 Å². The van der Waals surface area contributed by atoms with Gasteiger partial charge in [-0.1, -0.05) is 11.3 Å². The second-order valence-corrected chi connectivity index (χ2v) is 5.39. The van der Waals surface area contributed by atoms with Gasteiger partial charge in [0.15, 0.2) is 0 Å². The number of hydrogen-bond acceptors (Lipinski definition) is 5. The lowest BCUT2D eigenvalue weighted by atomic mass is 10.4. The monoisotopic (exact) mass is 269 g/mol. The molecule has 7 heteroatoms. The maximum absolute atomic E-state index is 11.3. The van der Waals surface area contributed by atoms with Gasteiger partial charge < -0.3 is 10.6 Å². The maximum atomic E-state index is 11.3. The fourth-order valence-corrected chi connectivity index (χ4v) is 2.32. The molecule has 2 N–H and O–H groups in total. The SMILES string of the molecule is O=C(NCCNCc1ccc([N+](=O)[O-])s1)C1CC1. The minimum absolute atomic E-state index is 0.142. The molecular weight excluding hydrogens is 254 g/mol. The van der Waals surface area contributed by atoms with Crippen LogP contribution in [0.2, 0.25) is 0 Å². The Morgan fingerprint density at radius 2 is 2.22 bits per heavy atom. The first-order valence-corrected chi connectivity index (χ1v) is 6.70. The van der Waals surface area contributed by atoms with E-state index < -0.39 is 0 Å². The minimum Gasteiger partial charge on any atom is -0.355 e. The maximum Gasteiger partial charge on any atom is 0.324 e. The van der Waals surface area contributed by atoms with E-state index in [2.05, 4.69) is 10.6 Å². The first-order chi connectivity index (χ1) is 8.66. The number of carbonyl (C=O) groups excluding carboxylic acids is 1. The molecule has 0 atom stereocenters. The molecule has 0 saturated heterocycles. The zero-order chi connectivity index (χ0) is 13.0. The van der Waals surface area contributed by atoms with Crippen molar-refractivity contribution in [2.45, 2.75) is 19.4 Å². The molecule has 1 aliphatic rings. The van der Waals surface area contributed by atoms with Crippen LogP contribution in [-0.4, -0.2) is 23.9 Å². The van der Waals surface area contributed by atoms with E-state index in [1.54, 1.807) is 6.07 Å². The third-order valence-corrected chi connectivity index (χ3v) is 3.71. The van der Waals surface area contributed by atoms with E-state index in [1.165, 1.54) is 17.4 Å². The van der Waals surface area contributed by atoms with Crippen LogP contribution >= 0.6 is 11.3 Å². The molecule has 6 nitrogen and oxygen atoms in total. The van der Waals surface area contributed by atoms with Gasteiger partial charge in [0.2, 0.25) is 5.91 Å². The van der Waals surface area contributed by atoms with Crippen LogP contribution < -0.4 is 10.6 Å². The lowest BCUT2D eigenvalue weighted by Gasteiger charge is -2.04. The predicted octanol–water partition coefficient (Wildman–Crippen LogP) is 1.27. The Morgan fingerprint density at radius 1 is 1.44 bits per heavy atom. The number of hydrogen-bond donors (Lipinski definition) is 2.